The highest BCUT2D eigenvalue weighted by Gasteiger charge is 2.18. The largest absolute Gasteiger partial charge is 0.466 e. The summed E-state index contributed by atoms with van der Waals surface area (Å²) in [6.45, 7) is 4.89. The Labute approximate surface area is 499 Å². The van der Waals surface area contributed by atoms with Crippen molar-refractivity contribution < 1.29 is 24.5 Å². The maximum absolute atomic E-state index is 12.4. The van der Waals surface area contributed by atoms with E-state index in [1.165, 1.54) is 315 Å². The van der Waals surface area contributed by atoms with E-state index >= 15 is 0 Å². The molecule has 0 aromatic carbocycles. The van der Waals surface area contributed by atoms with Crippen LogP contribution in [0.25, 0.3) is 0 Å². The second-order valence-corrected chi connectivity index (χ2v) is 24.6. The third-order valence-corrected chi connectivity index (χ3v) is 16.6. The van der Waals surface area contributed by atoms with Gasteiger partial charge in [-0.2, -0.15) is 0 Å². The Bertz CT molecular complexity index is 1340. The molecule has 0 rings (SSSR count). The molecule has 0 aromatic rings. The zero-order valence-corrected chi connectivity index (χ0v) is 53.8. The zero-order valence-electron chi connectivity index (χ0n) is 53.8. The molecule has 6 heteroatoms. The number of rotatable bonds is 67. The third-order valence-electron chi connectivity index (χ3n) is 16.6. The molecule has 0 heterocycles. The third kappa shape index (κ3) is 65.0. The number of amides is 1. The number of hydrogen-bond donors (Lipinski definition) is 3. The lowest BCUT2D eigenvalue weighted by atomic mass is 10.0. The van der Waals surface area contributed by atoms with Crippen LogP contribution in [-0.4, -0.2) is 47.4 Å². The summed E-state index contributed by atoms with van der Waals surface area (Å²) in [6, 6.07) is -0.624. The lowest BCUT2D eigenvalue weighted by Gasteiger charge is -2.20. The second kappa shape index (κ2) is 69.3. The highest BCUT2D eigenvalue weighted by atomic mass is 16.5. The van der Waals surface area contributed by atoms with Gasteiger partial charge in [0, 0.05) is 12.8 Å². The molecule has 0 aliphatic heterocycles. The van der Waals surface area contributed by atoms with Crippen LogP contribution in [0.2, 0.25) is 0 Å². The van der Waals surface area contributed by atoms with Crippen molar-refractivity contribution in [3.8, 4) is 0 Å². The molecule has 2 unspecified atom stereocenters. The van der Waals surface area contributed by atoms with Gasteiger partial charge in [0.2, 0.25) is 5.91 Å². The van der Waals surface area contributed by atoms with E-state index in [1.807, 2.05) is 6.08 Å². The molecule has 0 saturated carbocycles. The van der Waals surface area contributed by atoms with Crippen LogP contribution >= 0.6 is 0 Å². The van der Waals surface area contributed by atoms with Crippen molar-refractivity contribution in [3.05, 3.63) is 48.6 Å². The average molecular weight is 1120 g/mol. The maximum atomic E-state index is 12.4. The Hall–Kier alpha value is -2.18. The minimum Gasteiger partial charge on any atom is -0.466 e. The number of nitrogens with one attached hydrogen (secondary N) is 1. The fraction of sp³-hybridized carbons (Fsp3) is 0.865. The van der Waals surface area contributed by atoms with Gasteiger partial charge in [0.15, 0.2) is 0 Å². The number of carbonyl (C=O) groups excluding carboxylic acids is 2. The molecule has 0 fully saturated rings. The van der Waals surface area contributed by atoms with E-state index in [0.717, 1.165) is 44.9 Å². The standard InChI is InChI=1S/C74H139NO5/c1-3-5-7-9-11-13-14-15-16-17-35-39-42-45-48-52-56-60-64-68-74(79)80-69-65-61-57-53-49-46-43-40-37-34-32-30-28-26-24-22-20-18-19-21-23-25-27-29-31-33-36-38-41-44-47-51-55-59-63-67-73(78)75-71(70-76)72(77)66-62-58-54-50-12-10-8-6-4-2/h15-16,20,22,26,28,62,66,71-72,76-77H,3-14,17-19,21,23-25,27,29-61,63-65,67-70H2,1-2H3,(H,75,78)/b16-15-,22-20-,28-26-,66-62+. The Morgan fingerprint density at radius 2 is 0.625 bits per heavy atom. The Kier molecular flexibility index (Phi) is 67.4. The molecule has 80 heavy (non-hydrogen) atoms. The molecule has 2 atom stereocenters. The predicted octanol–water partition coefficient (Wildman–Crippen LogP) is 23.3. The lowest BCUT2D eigenvalue weighted by molar-refractivity contribution is -0.143. The van der Waals surface area contributed by atoms with E-state index in [2.05, 4.69) is 55.6 Å². The SMILES string of the molecule is CCCCCCCC/C=C\CCCCCCCCCCCC(=O)OCCCCCCCCCCCCC/C=C\C/C=C\CCCCCCCCCCCCCCCCCCCC(=O)NC(CO)C(O)/C=C/CCCCCCCCC. The summed E-state index contributed by atoms with van der Waals surface area (Å²) in [4.78, 5) is 24.5. The molecule has 0 spiro atoms. The first-order chi connectivity index (χ1) is 39.5. The normalized spacial score (nSPS) is 12.8. The van der Waals surface area contributed by atoms with Gasteiger partial charge in [-0.25, -0.2) is 0 Å². The first kappa shape index (κ1) is 77.8. The summed E-state index contributed by atoms with van der Waals surface area (Å²) < 4.78 is 5.51. The van der Waals surface area contributed by atoms with Crippen LogP contribution in [-0.2, 0) is 14.3 Å². The summed E-state index contributed by atoms with van der Waals surface area (Å²) >= 11 is 0. The van der Waals surface area contributed by atoms with Crippen LogP contribution < -0.4 is 5.32 Å². The highest BCUT2D eigenvalue weighted by molar-refractivity contribution is 5.76. The van der Waals surface area contributed by atoms with Gasteiger partial charge in [0.25, 0.3) is 0 Å². The molecule has 0 saturated heterocycles. The van der Waals surface area contributed by atoms with Crippen LogP contribution in [0, 0.1) is 0 Å². The van der Waals surface area contributed by atoms with Crippen molar-refractivity contribution in [2.24, 2.45) is 0 Å². The number of aliphatic hydroxyl groups is 2. The van der Waals surface area contributed by atoms with Crippen molar-refractivity contribution >= 4 is 11.9 Å². The quantitative estimate of drug-likeness (QED) is 0.0320. The number of unbranched alkanes of at least 4 members (excludes halogenated alkanes) is 50. The molecule has 0 bridgehead atoms. The van der Waals surface area contributed by atoms with Crippen LogP contribution in [0.4, 0.5) is 0 Å². The summed E-state index contributed by atoms with van der Waals surface area (Å²) in [5.41, 5.74) is 0. The number of allylic oxidation sites excluding steroid dienone is 7. The van der Waals surface area contributed by atoms with Crippen molar-refractivity contribution in [2.75, 3.05) is 13.2 Å². The second-order valence-electron chi connectivity index (χ2n) is 24.6. The van der Waals surface area contributed by atoms with Gasteiger partial charge >= 0.3 is 5.97 Å². The van der Waals surface area contributed by atoms with Gasteiger partial charge < -0.3 is 20.3 Å². The fourth-order valence-electron chi connectivity index (χ4n) is 11.1. The predicted molar refractivity (Wildman–Crippen MR) is 352 cm³/mol. The van der Waals surface area contributed by atoms with Gasteiger partial charge in [-0.05, 0) is 89.9 Å². The molecule has 470 valence electrons. The van der Waals surface area contributed by atoms with Crippen LogP contribution in [0.3, 0.4) is 0 Å². The van der Waals surface area contributed by atoms with E-state index in [-0.39, 0.29) is 18.5 Å². The summed E-state index contributed by atoms with van der Waals surface area (Å²) in [5, 5.41) is 23.0. The molecule has 0 aliphatic rings. The van der Waals surface area contributed by atoms with Crippen LogP contribution in [0.15, 0.2) is 48.6 Å². The Morgan fingerprint density at radius 3 is 0.963 bits per heavy atom. The summed E-state index contributed by atoms with van der Waals surface area (Å²) in [5.74, 6) is -0.0513. The molecule has 3 N–H and O–H groups in total. The van der Waals surface area contributed by atoms with E-state index in [0.29, 0.717) is 19.4 Å². The highest BCUT2D eigenvalue weighted by Crippen LogP contribution is 2.18. The van der Waals surface area contributed by atoms with Crippen molar-refractivity contribution in [2.45, 2.75) is 398 Å². The minimum atomic E-state index is -0.841. The smallest absolute Gasteiger partial charge is 0.305 e. The monoisotopic (exact) mass is 1120 g/mol. The summed E-state index contributed by atoms with van der Waals surface area (Å²) in [7, 11) is 0. The number of carbonyl (C=O) groups is 2. The van der Waals surface area contributed by atoms with Crippen LogP contribution in [0.1, 0.15) is 386 Å². The lowest BCUT2D eigenvalue weighted by Crippen LogP contribution is -2.45. The number of aliphatic hydroxyl groups excluding tert-OH is 2. The number of ether oxygens (including phenoxy) is 1. The Morgan fingerprint density at radius 1 is 0.350 bits per heavy atom. The first-order valence-corrected chi connectivity index (χ1v) is 35.9. The van der Waals surface area contributed by atoms with Gasteiger partial charge in [-0.1, -0.05) is 332 Å². The minimum absolute atomic E-state index is 0.0162. The first-order valence-electron chi connectivity index (χ1n) is 35.9. The molecule has 1 amide bonds. The molecule has 6 nitrogen and oxygen atoms in total. The van der Waals surface area contributed by atoms with E-state index in [4.69, 9.17) is 4.74 Å². The fourth-order valence-corrected chi connectivity index (χ4v) is 11.1. The van der Waals surface area contributed by atoms with Gasteiger partial charge in [0.05, 0.1) is 25.4 Å². The number of hydrogen-bond acceptors (Lipinski definition) is 5. The maximum Gasteiger partial charge on any atom is 0.305 e. The zero-order chi connectivity index (χ0) is 57.8. The van der Waals surface area contributed by atoms with Gasteiger partial charge in [-0.15, -0.1) is 0 Å². The van der Waals surface area contributed by atoms with Crippen molar-refractivity contribution in [1.82, 2.24) is 5.32 Å². The topological polar surface area (TPSA) is 95.9 Å². The molecule has 0 aliphatic carbocycles. The van der Waals surface area contributed by atoms with E-state index < -0.39 is 12.1 Å². The van der Waals surface area contributed by atoms with Crippen molar-refractivity contribution in [3.63, 3.8) is 0 Å². The van der Waals surface area contributed by atoms with Gasteiger partial charge in [0.1, 0.15) is 0 Å². The summed E-state index contributed by atoms with van der Waals surface area (Å²) in [6.07, 6.45) is 90.8. The number of esters is 1. The van der Waals surface area contributed by atoms with E-state index in [1.54, 1.807) is 6.08 Å². The molecular formula is C74H139NO5. The Balaban J connectivity index is 3.34. The average Bonchev–Trinajstić information content (AvgIpc) is 3.46. The van der Waals surface area contributed by atoms with Crippen LogP contribution in [0.5, 0.6) is 0 Å². The molecular weight excluding hydrogens is 983 g/mol. The van der Waals surface area contributed by atoms with Crippen molar-refractivity contribution in [1.29, 1.82) is 0 Å². The van der Waals surface area contributed by atoms with E-state index in [9.17, 15) is 19.8 Å². The molecule has 0 radical (unpaired) electrons. The van der Waals surface area contributed by atoms with Gasteiger partial charge in [-0.3, -0.25) is 9.59 Å². The molecule has 0 aromatic heterocycles.